The lowest BCUT2D eigenvalue weighted by Gasteiger charge is -2.14. The van der Waals surface area contributed by atoms with E-state index in [1.165, 1.54) is 0 Å². The van der Waals surface area contributed by atoms with Gasteiger partial charge in [-0.2, -0.15) is 0 Å². The normalized spacial score (nSPS) is 12.2. The van der Waals surface area contributed by atoms with Gasteiger partial charge in [-0.3, -0.25) is 4.79 Å². The molecule has 2 nitrogen and oxygen atoms in total. The molecule has 0 fully saturated rings. The summed E-state index contributed by atoms with van der Waals surface area (Å²) in [6.07, 6.45) is 1.87. The highest BCUT2D eigenvalue weighted by molar-refractivity contribution is 6.43. The summed E-state index contributed by atoms with van der Waals surface area (Å²) < 4.78 is 0. The maximum Gasteiger partial charge on any atom is 0.252 e. The topological polar surface area (TPSA) is 29.1 Å². The van der Waals surface area contributed by atoms with E-state index in [9.17, 15) is 4.79 Å². The first-order valence-electron chi connectivity index (χ1n) is 5.88. The maximum atomic E-state index is 12.0. The molecule has 0 saturated carbocycles. The molecule has 0 saturated heterocycles. The van der Waals surface area contributed by atoms with E-state index in [1.54, 1.807) is 18.2 Å². The van der Waals surface area contributed by atoms with Gasteiger partial charge in [-0.25, -0.2) is 0 Å². The van der Waals surface area contributed by atoms with Crippen molar-refractivity contribution in [2.24, 2.45) is 5.92 Å². The fourth-order valence-corrected chi connectivity index (χ4v) is 2.31. The fraction of sp³-hybridized carbons (Fsp3) is 0.462. The second kappa shape index (κ2) is 7.88. The lowest BCUT2D eigenvalue weighted by atomic mass is 10.0. The minimum absolute atomic E-state index is 0.199. The molecule has 1 unspecified atom stereocenters. The molecule has 1 rings (SSSR count). The molecule has 0 heterocycles. The molecule has 1 amide bonds. The van der Waals surface area contributed by atoms with Crippen molar-refractivity contribution in [2.45, 2.75) is 19.8 Å². The molecular weight excluding hydrogens is 293 g/mol. The van der Waals surface area contributed by atoms with E-state index in [0.29, 0.717) is 34.0 Å². The Morgan fingerprint density at radius 1 is 1.39 bits per heavy atom. The number of amides is 1. The highest BCUT2D eigenvalue weighted by Crippen LogP contribution is 2.25. The van der Waals surface area contributed by atoms with Crippen LogP contribution in [0.25, 0.3) is 0 Å². The summed E-state index contributed by atoms with van der Waals surface area (Å²) in [4.78, 5) is 12.0. The van der Waals surface area contributed by atoms with E-state index >= 15 is 0 Å². The summed E-state index contributed by atoms with van der Waals surface area (Å²) in [5.74, 6) is 0.798. The molecule has 1 aromatic carbocycles. The molecule has 0 aliphatic rings. The monoisotopic (exact) mass is 307 g/mol. The van der Waals surface area contributed by atoms with Gasteiger partial charge in [0.05, 0.1) is 15.6 Å². The number of hydrogen-bond donors (Lipinski definition) is 1. The first kappa shape index (κ1) is 15.6. The molecule has 0 spiro atoms. The average molecular weight is 309 g/mol. The van der Waals surface area contributed by atoms with Gasteiger partial charge in [-0.05, 0) is 24.5 Å². The smallest absolute Gasteiger partial charge is 0.252 e. The van der Waals surface area contributed by atoms with Crippen LogP contribution < -0.4 is 5.32 Å². The van der Waals surface area contributed by atoms with Crippen molar-refractivity contribution >= 4 is 40.7 Å². The summed E-state index contributed by atoms with van der Waals surface area (Å²) in [6, 6.07) is 5.02. The third kappa shape index (κ3) is 4.34. The van der Waals surface area contributed by atoms with E-state index in [4.69, 9.17) is 34.8 Å². The number of benzene rings is 1. The van der Waals surface area contributed by atoms with Crippen molar-refractivity contribution in [1.82, 2.24) is 5.32 Å². The highest BCUT2D eigenvalue weighted by Gasteiger charge is 2.14. The molecule has 0 radical (unpaired) electrons. The number of carbonyl (C=O) groups is 1. The zero-order valence-corrected chi connectivity index (χ0v) is 12.4. The first-order valence-corrected chi connectivity index (χ1v) is 7.17. The van der Waals surface area contributed by atoms with Crippen molar-refractivity contribution in [3.63, 3.8) is 0 Å². The standard InChI is InChI=1S/C13H16Cl3NO/c1-2-9(6-7-14)8-17-13(18)10-4-3-5-11(15)12(10)16/h3-5,9H,2,6-8H2,1H3,(H,17,18). The molecule has 1 aromatic rings. The van der Waals surface area contributed by atoms with Crippen LogP contribution in [0.3, 0.4) is 0 Å². The Morgan fingerprint density at radius 2 is 2.11 bits per heavy atom. The summed E-state index contributed by atoms with van der Waals surface area (Å²) in [5, 5.41) is 3.54. The van der Waals surface area contributed by atoms with Crippen LogP contribution in [0.5, 0.6) is 0 Å². The van der Waals surface area contributed by atoms with Crippen LogP contribution in [0.2, 0.25) is 10.0 Å². The van der Waals surface area contributed by atoms with E-state index in [1.807, 2.05) is 0 Å². The van der Waals surface area contributed by atoms with Gasteiger partial charge in [0.1, 0.15) is 0 Å². The lowest BCUT2D eigenvalue weighted by molar-refractivity contribution is 0.0946. The van der Waals surface area contributed by atoms with Gasteiger partial charge in [-0.1, -0.05) is 42.6 Å². The van der Waals surface area contributed by atoms with Gasteiger partial charge < -0.3 is 5.32 Å². The first-order chi connectivity index (χ1) is 8.60. The van der Waals surface area contributed by atoms with E-state index in [0.717, 1.165) is 12.8 Å². The largest absolute Gasteiger partial charge is 0.352 e. The highest BCUT2D eigenvalue weighted by atomic mass is 35.5. The van der Waals surface area contributed by atoms with Crippen LogP contribution in [0, 0.1) is 5.92 Å². The van der Waals surface area contributed by atoms with Gasteiger partial charge in [0.2, 0.25) is 0 Å². The van der Waals surface area contributed by atoms with Crippen molar-refractivity contribution in [3.05, 3.63) is 33.8 Å². The van der Waals surface area contributed by atoms with Crippen LogP contribution in [0.1, 0.15) is 30.1 Å². The molecule has 0 aliphatic carbocycles. The van der Waals surface area contributed by atoms with Crippen molar-refractivity contribution in [2.75, 3.05) is 12.4 Å². The quantitative estimate of drug-likeness (QED) is 0.776. The Morgan fingerprint density at radius 3 is 2.72 bits per heavy atom. The Hall–Kier alpha value is -0.440. The van der Waals surface area contributed by atoms with Crippen LogP contribution >= 0.6 is 34.8 Å². The molecule has 0 bridgehead atoms. The summed E-state index contributed by atoms with van der Waals surface area (Å²) in [5.41, 5.74) is 0.407. The number of alkyl halides is 1. The zero-order valence-electron chi connectivity index (χ0n) is 10.2. The number of carbonyl (C=O) groups excluding carboxylic acids is 1. The Balaban J connectivity index is 2.62. The van der Waals surface area contributed by atoms with Gasteiger partial charge in [-0.15, -0.1) is 11.6 Å². The summed E-state index contributed by atoms with van der Waals surface area (Å²) in [7, 11) is 0. The number of halogens is 3. The third-order valence-electron chi connectivity index (χ3n) is 2.84. The third-order valence-corrected chi connectivity index (χ3v) is 3.88. The summed E-state index contributed by atoms with van der Waals surface area (Å²) >= 11 is 17.6. The van der Waals surface area contributed by atoms with Crippen LogP contribution in [0.4, 0.5) is 0 Å². The minimum Gasteiger partial charge on any atom is -0.352 e. The lowest BCUT2D eigenvalue weighted by Crippen LogP contribution is -2.29. The number of hydrogen-bond acceptors (Lipinski definition) is 1. The molecule has 0 aromatic heterocycles. The summed E-state index contributed by atoms with van der Waals surface area (Å²) in [6.45, 7) is 2.68. The van der Waals surface area contributed by atoms with Gasteiger partial charge >= 0.3 is 0 Å². The molecule has 5 heteroatoms. The van der Waals surface area contributed by atoms with Crippen LogP contribution in [-0.4, -0.2) is 18.3 Å². The Labute approximate surface area is 123 Å². The van der Waals surface area contributed by atoms with Gasteiger partial charge in [0, 0.05) is 12.4 Å². The van der Waals surface area contributed by atoms with Crippen molar-refractivity contribution in [1.29, 1.82) is 0 Å². The fourth-order valence-electron chi connectivity index (χ4n) is 1.62. The van der Waals surface area contributed by atoms with E-state index < -0.39 is 0 Å². The van der Waals surface area contributed by atoms with Crippen molar-refractivity contribution in [3.8, 4) is 0 Å². The minimum atomic E-state index is -0.199. The Bertz CT molecular complexity index is 409. The molecular formula is C13H16Cl3NO. The molecule has 18 heavy (non-hydrogen) atoms. The molecule has 0 aliphatic heterocycles. The van der Waals surface area contributed by atoms with Crippen LogP contribution in [-0.2, 0) is 0 Å². The number of nitrogens with one attached hydrogen (secondary N) is 1. The van der Waals surface area contributed by atoms with E-state index in [-0.39, 0.29) is 5.91 Å². The SMILES string of the molecule is CCC(CCCl)CNC(=O)c1cccc(Cl)c1Cl. The molecule has 1 N–H and O–H groups in total. The van der Waals surface area contributed by atoms with Gasteiger partial charge in [0.25, 0.3) is 5.91 Å². The van der Waals surface area contributed by atoms with E-state index in [2.05, 4.69) is 12.2 Å². The predicted octanol–water partition coefficient (Wildman–Crippen LogP) is 4.38. The Kier molecular flexibility index (Phi) is 6.83. The predicted molar refractivity (Wildman–Crippen MR) is 77.9 cm³/mol. The molecule has 1 atom stereocenters. The van der Waals surface area contributed by atoms with Crippen LogP contribution in [0.15, 0.2) is 18.2 Å². The second-order valence-corrected chi connectivity index (χ2v) is 5.23. The average Bonchev–Trinajstić information content (AvgIpc) is 2.37. The maximum absolute atomic E-state index is 12.0. The molecule has 100 valence electrons. The second-order valence-electron chi connectivity index (χ2n) is 4.06. The van der Waals surface area contributed by atoms with Gasteiger partial charge in [0.15, 0.2) is 0 Å². The number of rotatable bonds is 6. The zero-order chi connectivity index (χ0) is 13.5. The van der Waals surface area contributed by atoms with Crippen molar-refractivity contribution < 1.29 is 4.79 Å².